The molecule has 0 unspecified atom stereocenters. The highest BCUT2D eigenvalue weighted by Crippen LogP contribution is 2.48. The molecule has 3 heteroatoms. The van der Waals surface area contributed by atoms with E-state index in [0.29, 0.717) is 0 Å². The second kappa shape index (κ2) is 15.0. The van der Waals surface area contributed by atoms with Gasteiger partial charge in [0.25, 0.3) is 0 Å². The Morgan fingerprint density at radius 3 is 1.46 bits per heavy atom. The Bertz CT molecular complexity index is 3920. The number of furan rings is 2. The van der Waals surface area contributed by atoms with Crippen molar-refractivity contribution in [3.63, 3.8) is 0 Å². The molecule has 2 heterocycles. The maximum atomic E-state index is 6.89. The second-order valence-corrected chi connectivity index (χ2v) is 16.8. The van der Waals surface area contributed by atoms with Crippen molar-refractivity contribution in [3.8, 4) is 44.5 Å². The molecule has 0 aliphatic carbocycles. The molecular weight excluding hydrogens is 791 g/mol. The minimum absolute atomic E-state index is 0.854. The maximum absolute atomic E-state index is 6.89. The van der Waals surface area contributed by atoms with Gasteiger partial charge in [0.2, 0.25) is 0 Å². The molecule has 0 aliphatic heterocycles. The molecule has 3 nitrogen and oxygen atoms in total. The molecule has 0 radical (unpaired) electrons. The van der Waals surface area contributed by atoms with Crippen molar-refractivity contribution in [1.29, 1.82) is 0 Å². The summed E-state index contributed by atoms with van der Waals surface area (Å²) in [6, 6.07) is 84.5. The van der Waals surface area contributed by atoms with Crippen molar-refractivity contribution in [2.75, 3.05) is 4.90 Å². The molecule has 0 spiro atoms. The van der Waals surface area contributed by atoms with Gasteiger partial charge in [0.15, 0.2) is 0 Å². The van der Waals surface area contributed by atoms with Gasteiger partial charge in [0.05, 0.1) is 11.1 Å². The van der Waals surface area contributed by atoms with Gasteiger partial charge in [0.1, 0.15) is 22.3 Å². The standard InChI is InChI=1S/C62H39NO2/c1-3-13-40(14-4-1)41-23-25-45(26-24-41)53-37-38-56(60-55-20-10-12-22-58(55)65-62(53)60)63(48-33-34-50-46(39-48)28-27-43-17-7-8-18-49(43)50)47-31-29-44(30-32-47)51-35-36-52(42-15-5-2-6-16-42)61-59(51)54-19-9-11-21-57(54)64-61/h1-39H. The molecule has 0 fully saturated rings. The largest absolute Gasteiger partial charge is 0.455 e. The smallest absolute Gasteiger partial charge is 0.145 e. The van der Waals surface area contributed by atoms with E-state index in [1.165, 1.54) is 32.7 Å². The van der Waals surface area contributed by atoms with Crippen LogP contribution in [0.4, 0.5) is 17.1 Å². The monoisotopic (exact) mass is 829 g/mol. The summed E-state index contributed by atoms with van der Waals surface area (Å²) in [5, 5.41) is 9.24. The minimum atomic E-state index is 0.854. The number of benzene rings is 11. The first kappa shape index (κ1) is 36.9. The zero-order chi connectivity index (χ0) is 42.8. The number of anilines is 3. The predicted molar refractivity (Wildman–Crippen MR) is 272 cm³/mol. The van der Waals surface area contributed by atoms with E-state index in [2.05, 4.69) is 235 Å². The first-order chi connectivity index (χ1) is 32.2. The van der Waals surface area contributed by atoms with E-state index < -0.39 is 0 Å². The van der Waals surface area contributed by atoms with Crippen molar-refractivity contribution in [1.82, 2.24) is 0 Å². The van der Waals surface area contributed by atoms with Crippen molar-refractivity contribution in [2.45, 2.75) is 0 Å². The zero-order valence-corrected chi connectivity index (χ0v) is 35.3. The molecule has 2 aromatic heterocycles. The summed E-state index contributed by atoms with van der Waals surface area (Å²) < 4.78 is 13.5. The lowest BCUT2D eigenvalue weighted by atomic mass is 9.94. The first-order valence-corrected chi connectivity index (χ1v) is 22.2. The van der Waals surface area contributed by atoms with Crippen LogP contribution >= 0.6 is 0 Å². The van der Waals surface area contributed by atoms with Crippen LogP contribution in [0.2, 0.25) is 0 Å². The third kappa shape index (κ3) is 6.12. The quantitative estimate of drug-likeness (QED) is 0.150. The Morgan fingerprint density at radius 2 is 0.738 bits per heavy atom. The Labute approximate surface area is 375 Å². The van der Waals surface area contributed by atoms with Gasteiger partial charge in [-0.25, -0.2) is 0 Å². The zero-order valence-electron chi connectivity index (χ0n) is 35.3. The fourth-order valence-corrected chi connectivity index (χ4v) is 9.97. The molecule has 0 saturated carbocycles. The van der Waals surface area contributed by atoms with Crippen LogP contribution in [0.25, 0.3) is 110 Å². The van der Waals surface area contributed by atoms with E-state index in [0.717, 1.165) is 94.3 Å². The summed E-state index contributed by atoms with van der Waals surface area (Å²) in [6.45, 7) is 0. The van der Waals surface area contributed by atoms with Crippen LogP contribution in [0.1, 0.15) is 0 Å². The Balaban J connectivity index is 1.00. The van der Waals surface area contributed by atoms with Crippen LogP contribution < -0.4 is 4.90 Å². The van der Waals surface area contributed by atoms with Crippen molar-refractivity contribution >= 4 is 82.5 Å². The highest BCUT2D eigenvalue weighted by atomic mass is 16.3. The maximum Gasteiger partial charge on any atom is 0.145 e. The molecule has 11 aromatic carbocycles. The molecule has 13 rings (SSSR count). The highest BCUT2D eigenvalue weighted by molar-refractivity contribution is 6.19. The van der Waals surface area contributed by atoms with E-state index in [1.54, 1.807) is 0 Å². The van der Waals surface area contributed by atoms with Gasteiger partial charge < -0.3 is 13.7 Å². The number of para-hydroxylation sites is 2. The lowest BCUT2D eigenvalue weighted by molar-refractivity contribution is 0.669. The number of nitrogens with zero attached hydrogens (tertiary/aromatic N) is 1. The molecule has 0 aliphatic rings. The van der Waals surface area contributed by atoms with Crippen molar-refractivity contribution in [2.24, 2.45) is 0 Å². The summed E-state index contributed by atoms with van der Waals surface area (Å²) in [5.74, 6) is 0. The van der Waals surface area contributed by atoms with E-state index in [1.807, 2.05) is 6.07 Å². The fraction of sp³-hybridized carbons (Fsp3) is 0. The number of rotatable bonds is 7. The summed E-state index contributed by atoms with van der Waals surface area (Å²) in [6.07, 6.45) is 0. The molecule has 304 valence electrons. The SMILES string of the molecule is c1ccc(-c2ccc(-c3ccc(N(c4ccc(-c5ccc(-c6ccccc6)c6oc7ccccc7c56)cc4)c4ccc5c(ccc6ccccc65)c4)c4c3oc3ccccc34)cc2)cc1. The number of fused-ring (bicyclic) bond motifs is 9. The van der Waals surface area contributed by atoms with Gasteiger partial charge in [0, 0.05) is 38.7 Å². The van der Waals surface area contributed by atoms with Crippen LogP contribution in [0.5, 0.6) is 0 Å². The van der Waals surface area contributed by atoms with E-state index in [4.69, 9.17) is 8.83 Å². The van der Waals surface area contributed by atoms with Gasteiger partial charge in [-0.15, -0.1) is 0 Å². The molecule has 0 bridgehead atoms. The van der Waals surface area contributed by atoms with Crippen LogP contribution in [0.3, 0.4) is 0 Å². The Kier molecular flexibility index (Phi) is 8.53. The third-order valence-electron chi connectivity index (χ3n) is 13.1. The van der Waals surface area contributed by atoms with E-state index in [9.17, 15) is 0 Å². The molecular formula is C62H39NO2. The summed E-state index contributed by atoms with van der Waals surface area (Å²) >= 11 is 0. The molecule has 0 amide bonds. The lowest BCUT2D eigenvalue weighted by Gasteiger charge is -2.27. The molecule has 65 heavy (non-hydrogen) atoms. The minimum Gasteiger partial charge on any atom is -0.455 e. The first-order valence-electron chi connectivity index (χ1n) is 22.2. The van der Waals surface area contributed by atoms with Gasteiger partial charge >= 0.3 is 0 Å². The predicted octanol–water partition coefficient (Wildman–Crippen LogP) is 17.9. The summed E-state index contributed by atoms with van der Waals surface area (Å²) in [4.78, 5) is 2.40. The average Bonchev–Trinajstić information content (AvgIpc) is 3.97. The van der Waals surface area contributed by atoms with Crippen LogP contribution in [-0.4, -0.2) is 0 Å². The average molecular weight is 830 g/mol. The Hall–Kier alpha value is -8.66. The van der Waals surface area contributed by atoms with Gasteiger partial charge in [-0.3, -0.25) is 0 Å². The third-order valence-corrected chi connectivity index (χ3v) is 13.1. The Morgan fingerprint density at radius 1 is 0.277 bits per heavy atom. The molecule has 0 N–H and O–H groups in total. The van der Waals surface area contributed by atoms with Crippen molar-refractivity contribution < 1.29 is 8.83 Å². The molecule has 13 aromatic rings. The lowest BCUT2D eigenvalue weighted by Crippen LogP contribution is -2.10. The van der Waals surface area contributed by atoms with E-state index in [-0.39, 0.29) is 0 Å². The van der Waals surface area contributed by atoms with Gasteiger partial charge in [-0.1, -0.05) is 182 Å². The molecule has 0 saturated heterocycles. The van der Waals surface area contributed by atoms with Gasteiger partial charge in [-0.2, -0.15) is 0 Å². The number of hydrogen-bond acceptors (Lipinski definition) is 3. The number of hydrogen-bond donors (Lipinski definition) is 0. The molecule has 0 atom stereocenters. The van der Waals surface area contributed by atoms with Crippen molar-refractivity contribution in [3.05, 3.63) is 237 Å². The van der Waals surface area contributed by atoms with Crippen LogP contribution in [0.15, 0.2) is 245 Å². The fourth-order valence-electron chi connectivity index (χ4n) is 9.97. The van der Waals surface area contributed by atoms with Crippen LogP contribution in [-0.2, 0) is 0 Å². The normalized spacial score (nSPS) is 11.7. The van der Waals surface area contributed by atoms with Gasteiger partial charge in [-0.05, 0) is 110 Å². The van der Waals surface area contributed by atoms with Crippen LogP contribution in [0, 0.1) is 0 Å². The summed E-state index contributed by atoms with van der Waals surface area (Å²) in [7, 11) is 0. The summed E-state index contributed by atoms with van der Waals surface area (Å²) in [5.41, 5.74) is 15.6. The second-order valence-electron chi connectivity index (χ2n) is 16.8. The topological polar surface area (TPSA) is 29.5 Å². The van der Waals surface area contributed by atoms with E-state index >= 15 is 0 Å². The highest BCUT2D eigenvalue weighted by Gasteiger charge is 2.24.